The van der Waals surface area contributed by atoms with Crippen molar-refractivity contribution in [1.82, 2.24) is 20.1 Å². The summed E-state index contributed by atoms with van der Waals surface area (Å²) >= 11 is 0. The number of hydrogen-bond acceptors (Lipinski definition) is 6. The molecule has 0 saturated carbocycles. The van der Waals surface area contributed by atoms with Crippen LogP contribution in [0.3, 0.4) is 0 Å². The molecule has 2 saturated heterocycles. The van der Waals surface area contributed by atoms with Gasteiger partial charge < -0.3 is 5.11 Å². The van der Waals surface area contributed by atoms with Gasteiger partial charge in [-0.1, -0.05) is 25.0 Å². The first kappa shape index (κ1) is 16.0. The van der Waals surface area contributed by atoms with Gasteiger partial charge in [0.15, 0.2) is 0 Å². The molecular weight excluding hydrogens is 304 g/mol. The Morgan fingerprint density at radius 2 is 1.92 bits per heavy atom. The van der Waals surface area contributed by atoms with Gasteiger partial charge in [-0.3, -0.25) is 9.80 Å². The number of benzene rings is 1. The zero-order valence-corrected chi connectivity index (χ0v) is 14.1. The molecule has 2 aliphatic rings. The standard InChI is InChI=1S/C18H26N4O2/c23-17-13-21(11-8-16(17)22-9-3-1-2-4-10-22)12-14-6-5-7-15-18(14)20-24-19-15/h5-7,16-17,23H,1-4,8-13H2/t16-,17-/m1/s1. The predicted octanol–water partition coefficient (Wildman–Crippen LogP) is 2.03. The molecule has 1 N–H and O–H groups in total. The van der Waals surface area contributed by atoms with Crippen molar-refractivity contribution >= 4 is 11.0 Å². The van der Waals surface area contributed by atoms with Gasteiger partial charge in [0.25, 0.3) is 0 Å². The van der Waals surface area contributed by atoms with Crippen LogP contribution in [-0.4, -0.2) is 63.5 Å². The van der Waals surface area contributed by atoms with E-state index in [1.807, 2.05) is 12.1 Å². The van der Waals surface area contributed by atoms with Crippen molar-refractivity contribution < 1.29 is 9.74 Å². The lowest BCUT2D eigenvalue weighted by Crippen LogP contribution is -2.54. The summed E-state index contributed by atoms with van der Waals surface area (Å²) in [6, 6.07) is 6.29. The number of fused-ring (bicyclic) bond motifs is 1. The smallest absolute Gasteiger partial charge is 0.139 e. The lowest BCUT2D eigenvalue weighted by atomic mass is 9.99. The predicted molar refractivity (Wildman–Crippen MR) is 91.5 cm³/mol. The maximum absolute atomic E-state index is 10.7. The number of rotatable bonds is 3. The van der Waals surface area contributed by atoms with Crippen LogP contribution in [0.5, 0.6) is 0 Å². The Kier molecular flexibility index (Phi) is 4.78. The van der Waals surface area contributed by atoms with Gasteiger partial charge in [0.2, 0.25) is 0 Å². The highest BCUT2D eigenvalue weighted by Crippen LogP contribution is 2.23. The summed E-state index contributed by atoms with van der Waals surface area (Å²) in [6.45, 7) is 4.81. The summed E-state index contributed by atoms with van der Waals surface area (Å²) in [6.07, 6.45) is 5.98. The number of likely N-dealkylation sites (tertiary alicyclic amines) is 2. The number of nitrogens with zero attached hydrogens (tertiary/aromatic N) is 4. The average molecular weight is 330 g/mol. The molecule has 0 bridgehead atoms. The van der Waals surface area contributed by atoms with Crippen molar-refractivity contribution in [1.29, 1.82) is 0 Å². The second kappa shape index (κ2) is 7.17. The molecule has 24 heavy (non-hydrogen) atoms. The van der Waals surface area contributed by atoms with E-state index in [4.69, 9.17) is 4.63 Å². The largest absolute Gasteiger partial charge is 0.390 e. The van der Waals surface area contributed by atoms with Crippen LogP contribution in [0, 0.1) is 0 Å². The fourth-order valence-corrected chi connectivity index (χ4v) is 4.21. The zero-order valence-electron chi connectivity index (χ0n) is 14.1. The molecule has 1 aromatic heterocycles. The quantitative estimate of drug-likeness (QED) is 0.929. The number of hydrogen-bond donors (Lipinski definition) is 1. The molecule has 0 spiro atoms. The van der Waals surface area contributed by atoms with Gasteiger partial charge in [-0.2, -0.15) is 0 Å². The summed E-state index contributed by atoms with van der Waals surface area (Å²) in [5.74, 6) is 0. The molecule has 2 fully saturated rings. The highest BCUT2D eigenvalue weighted by Gasteiger charge is 2.32. The van der Waals surface area contributed by atoms with Crippen LogP contribution in [0.25, 0.3) is 11.0 Å². The van der Waals surface area contributed by atoms with Crippen molar-refractivity contribution in [2.45, 2.75) is 50.8 Å². The Labute approximate surface area is 142 Å². The van der Waals surface area contributed by atoms with Crippen molar-refractivity contribution in [3.8, 4) is 0 Å². The number of piperidine rings is 1. The molecule has 2 atom stereocenters. The van der Waals surface area contributed by atoms with Crippen LogP contribution in [0.15, 0.2) is 22.8 Å². The third-order valence-electron chi connectivity index (χ3n) is 5.50. The number of β-amino-alcohol motifs (C(OH)–C–C–N with tert-alkyl or cyclic N) is 1. The molecule has 1 aromatic carbocycles. The SMILES string of the molecule is O[C@@H]1CN(Cc2cccc3nonc23)CC[C@H]1N1CCCCCC1. The van der Waals surface area contributed by atoms with Gasteiger partial charge in [0.1, 0.15) is 11.0 Å². The summed E-state index contributed by atoms with van der Waals surface area (Å²) in [7, 11) is 0. The molecule has 130 valence electrons. The fraction of sp³-hybridized carbons (Fsp3) is 0.667. The Morgan fingerprint density at radius 1 is 1.08 bits per heavy atom. The maximum Gasteiger partial charge on any atom is 0.139 e. The third kappa shape index (κ3) is 3.31. The monoisotopic (exact) mass is 330 g/mol. The second-order valence-corrected chi connectivity index (χ2v) is 7.16. The molecule has 0 unspecified atom stereocenters. The van der Waals surface area contributed by atoms with E-state index in [9.17, 15) is 5.11 Å². The summed E-state index contributed by atoms with van der Waals surface area (Å²) in [5.41, 5.74) is 2.75. The fourth-order valence-electron chi connectivity index (χ4n) is 4.21. The van der Waals surface area contributed by atoms with E-state index in [2.05, 4.69) is 26.2 Å². The molecule has 2 aliphatic heterocycles. The van der Waals surface area contributed by atoms with E-state index >= 15 is 0 Å². The summed E-state index contributed by atoms with van der Waals surface area (Å²) < 4.78 is 4.85. The lowest BCUT2D eigenvalue weighted by molar-refractivity contribution is -0.0143. The van der Waals surface area contributed by atoms with Crippen LogP contribution < -0.4 is 0 Å². The lowest BCUT2D eigenvalue weighted by Gasteiger charge is -2.41. The Bertz CT molecular complexity index is 666. The highest BCUT2D eigenvalue weighted by molar-refractivity contribution is 5.76. The molecule has 0 radical (unpaired) electrons. The molecular formula is C18H26N4O2. The molecule has 0 amide bonds. The molecule has 2 aromatic rings. The van der Waals surface area contributed by atoms with E-state index < -0.39 is 0 Å². The molecule has 3 heterocycles. The number of aromatic nitrogens is 2. The number of aliphatic hydroxyl groups is 1. The van der Waals surface area contributed by atoms with Crippen molar-refractivity contribution in [3.63, 3.8) is 0 Å². The summed E-state index contributed by atoms with van der Waals surface area (Å²) in [4.78, 5) is 4.85. The Morgan fingerprint density at radius 3 is 2.71 bits per heavy atom. The minimum atomic E-state index is -0.272. The molecule has 6 nitrogen and oxygen atoms in total. The van der Waals surface area contributed by atoms with Gasteiger partial charge in [-0.15, -0.1) is 0 Å². The second-order valence-electron chi connectivity index (χ2n) is 7.16. The Balaban J connectivity index is 1.40. The number of aliphatic hydroxyl groups excluding tert-OH is 1. The van der Waals surface area contributed by atoms with Crippen LogP contribution in [0.1, 0.15) is 37.7 Å². The van der Waals surface area contributed by atoms with E-state index in [0.29, 0.717) is 6.04 Å². The first-order valence-electron chi connectivity index (χ1n) is 9.16. The van der Waals surface area contributed by atoms with Crippen LogP contribution in [0.4, 0.5) is 0 Å². The summed E-state index contributed by atoms with van der Waals surface area (Å²) in [5, 5.41) is 18.6. The maximum atomic E-state index is 10.7. The Hall–Kier alpha value is -1.50. The normalized spacial score (nSPS) is 27.4. The third-order valence-corrected chi connectivity index (χ3v) is 5.50. The van der Waals surface area contributed by atoms with E-state index in [1.54, 1.807) is 0 Å². The minimum absolute atomic E-state index is 0.272. The van der Waals surface area contributed by atoms with E-state index in [1.165, 1.54) is 25.7 Å². The first-order chi connectivity index (χ1) is 11.8. The average Bonchev–Trinajstić information content (AvgIpc) is 2.91. The van der Waals surface area contributed by atoms with Crippen LogP contribution >= 0.6 is 0 Å². The van der Waals surface area contributed by atoms with Crippen molar-refractivity contribution in [2.75, 3.05) is 26.2 Å². The molecule has 6 heteroatoms. The van der Waals surface area contributed by atoms with Crippen molar-refractivity contribution in [3.05, 3.63) is 23.8 Å². The van der Waals surface area contributed by atoms with Gasteiger partial charge >= 0.3 is 0 Å². The van der Waals surface area contributed by atoms with E-state index in [0.717, 1.165) is 55.7 Å². The van der Waals surface area contributed by atoms with Gasteiger partial charge in [-0.25, -0.2) is 4.63 Å². The van der Waals surface area contributed by atoms with Crippen molar-refractivity contribution in [2.24, 2.45) is 0 Å². The zero-order chi connectivity index (χ0) is 16.4. The minimum Gasteiger partial charge on any atom is -0.390 e. The van der Waals surface area contributed by atoms with Crippen LogP contribution in [0.2, 0.25) is 0 Å². The first-order valence-corrected chi connectivity index (χ1v) is 9.16. The van der Waals surface area contributed by atoms with Gasteiger partial charge in [0.05, 0.1) is 6.10 Å². The van der Waals surface area contributed by atoms with E-state index in [-0.39, 0.29) is 6.10 Å². The van der Waals surface area contributed by atoms with Crippen LogP contribution in [-0.2, 0) is 6.54 Å². The highest BCUT2D eigenvalue weighted by atomic mass is 16.6. The van der Waals surface area contributed by atoms with Gasteiger partial charge in [0, 0.05) is 25.7 Å². The van der Waals surface area contributed by atoms with Gasteiger partial charge in [-0.05, 0) is 54.3 Å². The molecule has 0 aliphatic carbocycles. The topological polar surface area (TPSA) is 65.6 Å². The molecule has 4 rings (SSSR count).